The molecule has 7 heteroatoms. The maximum absolute atomic E-state index is 13.0. The SMILES string of the molecule is COc1ccc(NC(=O)c2cccc(-c3ccccc3S(=O)(=O)NC(C)(C)C)c2)cc1. The zero-order valence-corrected chi connectivity index (χ0v) is 18.8. The number of benzene rings is 3. The highest BCUT2D eigenvalue weighted by molar-refractivity contribution is 7.89. The molecule has 3 rings (SSSR count). The summed E-state index contributed by atoms with van der Waals surface area (Å²) in [6.07, 6.45) is 0. The van der Waals surface area contributed by atoms with Crippen molar-refractivity contribution in [1.82, 2.24) is 4.72 Å². The van der Waals surface area contributed by atoms with Gasteiger partial charge in [0.2, 0.25) is 10.0 Å². The van der Waals surface area contributed by atoms with Crippen molar-refractivity contribution < 1.29 is 17.9 Å². The third-order valence-corrected chi connectivity index (χ3v) is 6.22. The van der Waals surface area contributed by atoms with Crippen LogP contribution in [0.25, 0.3) is 11.1 Å². The summed E-state index contributed by atoms with van der Waals surface area (Å²) in [6.45, 7) is 5.37. The maximum Gasteiger partial charge on any atom is 0.255 e. The molecule has 31 heavy (non-hydrogen) atoms. The minimum absolute atomic E-state index is 0.164. The Hall–Kier alpha value is -3.16. The number of rotatable bonds is 6. The fourth-order valence-electron chi connectivity index (χ4n) is 3.10. The van der Waals surface area contributed by atoms with E-state index in [1.54, 1.807) is 101 Å². The Kier molecular flexibility index (Phi) is 6.48. The average molecular weight is 439 g/mol. The van der Waals surface area contributed by atoms with Crippen molar-refractivity contribution >= 4 is 21.6 Å². The molecule has 0 saturated carbocycles. The molecule has 0 fully saturated rings. The molecule has 6 nitrogen and oxygen atoms in total. The molecule has 0 bridgehead atoms. The molecule has 0 spiro atoms. The molecule has 2 N–H and O–H groups in total. The summed E-state index contributed by atoms with van der Waals surface area (Å²) in [6, 6.07) is 20.7. The minimum atomic E-state index is -3.75. The molecule has 0 unspecified atom stereocenters. The molecule has 0 heterocycles. The largest absolute Gasteiger partial charge is 0.497 e. The van der Waals surface area contributed by atoms with Crippen molar-refractivity contribution in [2.45, 2.75) is 31.2 Å². The third-order valence-electron chi connectivity index (χ3n) is 4.40. The number of hydrogen-bond acceptors (Lipinski definition) is 4. The van der Waals surface area contributed by atoms with Gasteiger partial charge in [-0.05, 0) is 68.8 Å². The van der Waals surface area contributed by atoms with Crippen LogP contribution in [0.4, 0.5) is 5.69 Å². The van der Waals surface area contributed by atoms with Gasteiger partial charge in [-0.3, -0.25) is 4.79 Å². The quantitative estimate of drug-likeness (QED) is 0.585. The van der Waals surface area contributed by atoms with E-state index in [2.05, 4.69) is 10.0 Å². The first kappa shape index (κ1) is 22.5. The molecule has 0 radical (unpaired) electrons. The predicted molar refractivity (Wildman–Crippen MR) is 123 cm³/mol. The topological polar surface area (TPSA) is 84.5 Å². The number of nitrogens with one attached hydrogen (secondary N) is 2. The van der Waals surface area contributed by atoms with E-state index in [9.17, 15) is 13.2 Å². The Labute approximate surface area is 183 Å². The van der Waals surface area contributed by atoms with Gasteiger partial charge >= 0.3 is 0 Å². The summed E-state index contributed by atoms with van der Waals surface area (Å²) in [5.74, 6) is 0.404. The fraction of sp³-hybridized carbons (Fsp3) is 0.208. The number of carbonyl (C=O) groups is 1. The van der Waals surface area contributed by atoms with Crippen LogP contribution in [0, 0.1) is 0 Å². The van der Waals surface area contributed by atoms with Gasteiger partial charge in [0.1, 0.15) is 5.75 Å². The first-order valence-electron chi connectivity index (χ1n) is 9.78. The van der Waals surface area contributed by atoms with Crippen molar-refractivity contribution in [3.63, 3.8) is 0 Å². The van der Waals surface area contributed by atoms with Gasteiger partial charge in [-0.1, -0.05) is 30.3 Å². The average Bonchev–Trinajstić information content (AvgIpc) is 2.73. The molecule has 3 aromatic carbocycles. The van der Waals surface area contributed by atoms with Crippen LogP contribution in [0.5, 0.6) is 5.75 Å². The molecular formula is C24H26N2O4S. The van der Waals surface area contributed by atoms with Crippen molar-refractivity contribution in [3.05, 3.63) is 78.4 Å². The Morgan fingerprint density at radius 1 is 0.903 bits per heavy atom. The highest BCUT2D eigenvalue weighted by atomic mass is 32.2. The fourth-order valence-corrected chi connectivity index (χ4v) is 4.75. The van der Waals surface area contributed by atoms with Crippen LogP contribution in [0.15, 0.2) is 77.7 Å². The van der Waals surface area contributed by atoms with Crippen molar-refractivity contribution in [2.24, 2.45) is 0 Å². The lowest BCUT2D eigenvalue weighted by Gasteiger charge is -2.21. The second-order valence-electron chi connectivity index (χ2n) is 8.12. The van der Waals surface area contributed by atoms with Crippen molar-refractivity contribution in [1.29, 1.82) is 0 Å². The standard InChI is InChI=1S/C24H26N2O4S/c1-24(2,3)26-31(28,29)22-11-6-5-10-21(22)17-8-7-9-18(16-17)23(27)25-19-12-14-20(30-4)15-13-19/h5-16,26H,1-4H3,(H,25,27). The lowest BCUT2D eigenvalue weighted by molar-refractivity contribution is 0.102. The number of anilines is 1. The van der Waals surface area contributed by atoms with E-state index in [0.29, 0.717) is 28.1 Å². The van der Waals surface area contributed by atoms with Crippen LogP contribution >= 0.6 is 0 Å². The Balaban J connectivity index is 1.92. The Morgan fingerprint density at radius 2 is 1.58 bits per heavy atom. The van der Waals surface area contributed by atoms with Crippen LogP contribution in [0.1, 0.15) is 31.1 Å². The number of ether oxygens (including phenoxy) is 1. The summed E-state index contributed by atoms with van der Waals surface area (Å²) in [7, 11) is -2.17. The molecular weight excluding hydrogens is 412 g/mol. The lowest BCUT2D eigenvalue weighted by atomic mass is 10.0. The molecule has 0 aliphatic rings. The minimum Gasteiger partial charge on any atom is -0.497 e. The summed E-state index contributed by atoms with van der Waals surface area (Å²) in [5, 5.41) is 2.84. The third kappa shape index (κ3) is 5.71. The summed E-state index contributed by atoms with van der Waals surface area (Å²) >= 11 is 0. The summed E-state index contributed by atoms with van der Waals surface area (Å²) in [5.41, 5.74) is 1.60. The molecule has 162 valence electrons. The second-order valence-corrected chi connectivity index (χ2v) is 9.77. The van der Waals surface area contributed by atoms with Gasteiger partial charge in [-0.25, -0.2) is 13.1 Å². The van der Waals surface area contributed by atoms with Gasteiger partial charge in [0.25, 0.3) is 5.91 Å². The lowest BCUT2D eigenvalue weighted by Crippen LogP contribution is -2.40. The van der Waals surface area contributed by atoms with Gasteiger partial charge in [0.15, 0.2) is 0 Å². The first-order valence-corrected chi connectivity index (χ1v) is 11.3. The van der Waals surface area contributed by atoms with E-state index in [1.165, 1.54) is 0 Å². The van der Waals surface area contributed by atoms with Gasteiger partial charge in [0, 0.05) is 22.4 Å². The zero-order valence-electron chi connectivity index (χ0n) is 18.0. The summed E-state index contributed by atoms with van der Waals surface area (Å²) in [4.78, 5) is 12.9. The number of hydrogen-bond donors (Lipinski definition) is 2. The van der Waals surface area contributed by atoms with Crippen LogP contribution in [0.3, 0.4) is 0 Å². The van der Waals surface area contributed by atoms with E-state index in [-0.39, 0.29) is 10.8 Å². The molecule has 0 aliphatic heterocycles. The van der Waals surface area contributed by atoms with Crippen molar-refractivity contribution in [2.75, 3.05) is 12.4 Å². The first-order chi connectivity index (χ1) is 14.6. The van der Waals surface area contributed by atoms with E-state index >= 15 is 0 Å². The van der Waals surface area contributed by atoms with Gasteiger partial charge in [-0.2, -0.15) is 0 Å². The maximum atomic E-state index is 13.0. The van der Waals surface area contributed by atoms with Crippen LogP contribution in [-0.4, -0.2) is 27.0 Å². The molecule has 0 atom stereocenters. The van der Waals surface area contributed by atoms with E-state index < -0.39 is 15.6 Å². The smallest absolute Gasteiger partial charge is 0.255 e. The predicted octanol–water partition coefficient (Wildman–Crippen LogP) is 4.69. The monoisotopic (exact) mass is 438 g/mol. The normalized spacial score (nSPS) is 11.7. The van der Waals surface area contributed by atoms with Gasteiger partial charge in [0.05, 0.1) is 12.0 Å². The zero-order chi connectivity index (χ0) is 22.6. The molecule has 0 aliphatic carbocycles. The highest BCUT2D eigenvalue weighted by Gasteiger charge is 2.25. The van der Waals surface area contributed by atoms with Crippen LogP contribution < -0.4 is 14.8 Å². The Morgan fingerprint density at radius 3 is 2.23 bits per heavy atom. The van der Waals surface area contributed by atoms with E-state index in [4.69, 9.17) is 4.74 Å². The number of carbonyl (C=O) groups excluding carboxylic acids is 1. The van der Waals surface area contributed by atoms with Gasteiger partial charge < -0.3 is 10.1 Å². The molecule has 3 aromatic rings. The second kappa shape index (κ2) is 8.91. The molecule has 0 aromatic heterocycles. The van der Waals surface area contributed by atoms with Crippen LogP contribution in [-0.2, 0) is 10.0 Å². The Bertz CT molecular complexity index is 1180. The summed E-state index contributed by atoms with van der Waals surface area (Å²) < 4.78 is 33.7. The molecule has 0 saturated heterocycles. The van der Waals surface area contributed by atoms with E-state index in [1.807, 2.05) is 0 Å². The van der Waals surface area contributed by atoms with E-state index in [0.717, 1.165) is 0 Å². The van der Waals surface area contributed by atoms with Crippen molar-refractivity contribution in [3.8, 4) is 16.9 Å². The molecule has 1 amide bonds. The number of amides is 1. The van der Waals surface area contributed by atoms with Crippen LogP contribution in [0.2, 0.25) is 0 Å². The number of methoxy groups -OCH3 is 1. The number of sulfonamides is 1. The van der Waals surface area contributed by atoms with Gasteiger partial charge in [-0.15, -0.1) is 0 Å². The highest BCUT2D eigenvalue weighted by Crippen LogP contribution is 2.29.